The van der Waals surface area contributed by atoms with Gasteiger partial charge in [0.1, 0.15) is 11.6 Å². The fourth-order valence-corrected chi connectivity index (χ4v) is 4.17. The number of halogens is 2. The Kier molecular flexibility index (Phi) is 5.58. The fourth-order valence-electron chi connectivity index (χ4n) is 3.25. The second-order valence-corrected chi connectivity index (χ2v) is 8.16. The Morgan fingerprint density at radius 3 is 2.66 bits per heavy atom. The zero-order valence-electron chi connectivity index (χ0n) is 16.1. The molecule has 0 aliphatic rings. The van der Waals surface area contributed by atoms with E-state index in [-0.39, 0.29) is 11.6 Å². The molecule has 0 aliphatic heterocycles. The van der Waals surface area contributed by atoms with Crippen molar-refractivity contribution >= 4 is 22.7 Å². The summed E-state index contributed by atoms with van der Waals surface area (Å²) in [6, 6.07) is 13.2. The maximum atomic E-state index is 14.3. The number of hydrogen-bond acceptors (Lipinski definition) is 4. The van der Waals surface area contributed by atoms with Gasteiger partial charge in [-0.3, -0.25) is 4.98 Å². The van der Waals surface area contributed by atoms with Gasteiger partial charge < -0.3 is 4.57 Å². The molecule has 0 atom stereocenters. The van der Waals surface area contributed by atoms with Crippen LogP contribution in [0.1, 0.15) is 19.4 Å². The van der Waals surface area contributed by atoms with Crippen LogP contribution in [0.3, 0.4) is 0 Å². The summed E-state index contributed by atoms with van der Waals surface area (Å²) < 4.78 is 30.3. The Morgan fingerprint density at radius 1 is 1.03 bits per heavy atom. The SMILES string of the molecule is CC(C)Cn1c(SCc2cc(F)cc3cccnc23)nnc1-c1ccccc1F. The predicted octanol–water partition coefficient (Wildman–Crippen LogP) is 5.72. The molecule has 0 bridgehead atoms. The molecule has 2 aromatic heterocycles. The maximum Gasteiger partial charge on any atom is 0.191 e. The van der Waals surface area contributed by atoms with Crippen LogP contribution in [0.2, 0.25) is 0 Å². The predicted molar refractivity (Wildman–Crippen MR) is 112 cm³/mol. The third-order valence-electron chi connectivity index (χ3n) is 4.48. The highest BCUT2D eigenvalue weighted by atomic mass is 32.2. The lowest BCUT2D eigenvalue weighted by Gasteiger charge is -2.13. The van der Waals surface area contributed by atoms with Gasteiger partial charge in [-0.15, -0.1) is 10.2 Å². The van der Waals surface area contributed by atoms with Gasteiger partial charge in [0.25, 0.3) is 0 Å². The molecule has 2 aromatic carbocycles. The van der Waals surface area contributed by atoms with Crippen molar-refractivity contribution in [1.29, 1.82) is 0 Å². The van der Waals surface area contributed by atoms with Crippen LogP contribution in [0.4, 0.5) is 8.78 Å². The van der Waals surface area contributed by atoms with E-state index in [9.17, 15) is 8.78 Å². The van der Waals surface area contributed by atoms with E-state index in [1.54, 1.807) is 30.5 Å². The number of rotatable bonds is 6. The maximum absolute atomic E-state index is 14.3. The van der Waals surface area contributed by atoms with Gasteiger partial charge in [0, 0.05) is 23.9 Å². The average Bonchev–Trinajstić information content (AvgIpc) is 3.08. The van der Waals surface area contributed by atoms with Crippen molar-refractivity contribution in [3.05, 3.63) is 71.9 Å². The van der Waals surface area contributed by atoms with E-state index in [0.29, 0.717) is 34.8 Å². The van der Waals surface area contributed by atoms with Gasteiger partial charge in [-0.2, -0.15) is 0 Å². The van der Waals surface area contributed by atoms with E-state index in [2.05, 4.69) is 29.0 Å². The zero-order valence-corrected chi connectivity index (χ0v) is 17.0. The summed E-state index contributed by atoms with van der Waals surface area (Å²) >= 11 is 1.45. The molecule has 0 N–H and O–H groups in total. The Bertz CT molecular complexity index is 1160. The van der Waals surface area contributed by atoms with Crippen molar-refractivity contribution in [2.75, 3.05) is 0 Å². The lowest BCUT2D eigenvalue weighted by atomic mass is 10.1. The number of pyridine rings is 1. The van der Waals surface area contributed by atoms with E-state index >= 15 is 0 Å². The quantitative estimate of drug-likeness (QED) is 0.381. The first-order valence-electron chi connectivity index (χ1n) is 9.37. The molecule has 4 nitrogen and oxygen atoms in total. The molecule has 7 heteroatoms. The third kappa shape index (κ3) is 4.15. The first kappa shape index (κ1) is 19.5. The number of hydrogen-bond donors (Lipinski definition) is 0. The van der Waals surface area contributed by atoms with Crippen molar-refractivity contribution < 1.29 is 8.78 Å². The standard InChI is InChI=1S/C22H20F2N4S/c1-14(2)12-28-21(18-7-3-4-8-19(18)24)26-27-22(28)29-13-16-11-17(23)10-15-6-5-9-25-20(15)16/h3-11,14H,12-13H2,1-2H3. The summed E-state index contributed by atoms with van der Waals surface area (Å²) in [4.78, 5) is 4.40. The van der Waals surface area contributed by atoms with Crippen molar-refractivity contribution in [1.82, 2.24) is 19.7 Å². The lowest BCUT2D eigenvalue weighted by Crippen LogP contribution is -2.08. The summed E-state index contributed by atoms with van der Waals surface area (Å²) in [7, 11) is 0. The summed E-state index contributed by atoms with van der Waals surface area (Å²) in [5.74, 6) is 0.686. The Hall–Kier alpha value is -2.80. The molecule has 0 saturated carbocycles. The van der Waals surface area contributed by atoms with Crippen molar-refractivity contribution in [2.45, 2.75) is 31.3 Å². The highest BCUT2D eigenvalue weighted by molar-refractivity contribution is 7.98. The van der Waals surface area contributed by atoms with Gasteiger partial charge >= 0.3 is 0 Å². The molecule has 29 heavy (non-hydrogen) atoms. The number of benzene rings is 2. The van der Waals surface area contributed by atoms with Crippen LogP contribution < -0.4 is 0 Å². The van der Waals surface area contributed by atoms with Gasteiger partial charge in [0.15, 0.2) is 11.0 Å². The van der Waals surface area contributed by atoms with E-state index < -0.39 is 0 Å². The third-order valence-corrected chi connectivity index (χ3v) is 5.50. The number of fused-ring (bicyclic) bond motifs is 1. The molecule has 0 aliphatic carbocycles. The van der Waals surface area contributed by atoms with Crippen molar-refractivity contribution in [2.24, 2.45) is 5.92 Å². The molecule has 2 heterocycles. The molecule has 0 saturated heterocycles. The van der Waals surface area contributed by atoms with Gasteiger partial charge in [0.2, 0.25) is 0 Å². The molecule has 0 spiro atoms. The first-order chi connectivity index (χ1) is 14.0. The second kappa shape index (κ2) is 8.29. The van der Waals surface area contributed by atoms with Crippen molar-refractivity contribution in [3.8, 4) is 11.4 Å². The summed E-state index contributed by atoms with van der Waals surface area (Å²) in [6.07, 6.45) is 1.70. The summed E-state index contributed by atoms with van der Waals surface area (Å²) in [5, 5.41) is 9.99. The highest BCUT2D eigenvalue weighted by Crippen LogP contribution is 2.30. The van der Waals surface area contributed by atoms with Crippen molar-refractivity contribution in [3.63, 3.8) is 0 Å². The van der Waals surface area contributed by atoms with Gasteiger partial charge in [0.05, 0.1) is 11.1 Å². The van der Waals surface area contributed by atoms with Crippen LogP contribution in [0.5, 0.6) is 0 Å². The lowest BCUT2D eigenvalue weighted by molar-refractivity contribution is 0.496. The molecule has 0 radical (unpaired) electrons. The van der Waals surface area contributed by atoms with Gasteiger partial charge in [-0.1, -0.05) is 43.8 Å². The summed E-state index contributed by atoms with van der Waals surface area (Å²) in [6.45, 7) is 4.83. The van der Waals surface area contributed by atoms with Crippen LogP contribution in [0.25, 0.3) is 22.3 Å². The Balaban J connectivity index is 1.69. The van der Waals surface area contributed by atoms with E-state index in [1.165, 1.54) is 30.0 Å². The molecule has 4 aromatic rings. The molecular formula is C22H20F2N4S. The average molecular weight is 410 g/mol. The Morgan fingerprint density at radius 2 is 1.86 bits per heavy atom. The number of aromatic nitrogens is 4. The van der Waals surface area contributed by atoms with E-state index in [4.69, 9.17) is 0 Å². The molecule has 0 unspecified atom stereocenters. The normalized spacial score (nSPS) is 11.5. The fraction of sp³-hybridized carbons (Fsp3) is 0.227. The van der Waals surface area contributed by atoms with Crippen LogP contribution in [0.15, 0.2) is 59.9 Å². The van der Waals surface area contributed by atoms with Crippen LogP contribution in [-0.4, -0.2) is 19.7 Å². The molecular weight excluding hydrogens is 390 g/mol. The zero-order chi connectivity index (χ0) is 20.4. The van der Waals surface area contributed by atoms with Crippen LogP contribution in [-0.2, 0) is 12.3 Å². The minimum absolute atomic E-state index is 0.295. The first-order valence-corrected chi connectivity index (χ1v) is 10.4. The molecule has 148 valence electrons. The number of thioether (sulfide) groups is 1. The topological polar surface area (TPSA) is 43.6 Å². The Labute approximate surface area is 172 Å². The molecule has 0 amide bonds. The molecule has 4 rings (SSSR count). The van der Waals surface area contributed by atoms with Gasteiger partial charge in [-0.25, -0.2) is 8.78 Å². The smallest absolute Gasteiger partial charge is 0.191 e. The van der Waals surface area contributed by atoms with E-state index in [1.807, 2.05) is 10.6 Å². The highest BCUT2D eigenvalue weighted by Gasteiger charge is 2.18. The largest absolute Gasteiger partial charge is 0.302 e. The summed E-state index contributed by atoms with van der Waals surface area (Å²) in [5.41, 5.74) is 1.98. The van der Waals surface area contributed by atoms with Crippen LogP contribution >= 0.6 is 11.8 Å². The minimum atomic E-state index is -0.332. The monoisotopic (exact) mass is 410 g/mol. The second-order valence-electron chi connectivity index (χ2n) is 7.22. The minimum Gasteiger partial charge on any atom is -0.302 e. The van der Waals surface area contributed by atoms with E-state index in [0.717, 1.165) is 16.5 Å². The van der Waals surface area contributed by atoms with Crippen LogP contribution in [0, 0.1) is 17.6 Å². The van der Waals surface area contributed by atoms with Gasteiger partial charge in [-0.05, 0) is 41.8 Å². The molecule has 0 fully saturated rings. The number of nitrogens with zero attached hydrogens (tertiary/aromatic N) is 4.